The van der Waals surface area contributed by atoms with E-state index in [1.807, 2.05) is 18.2 Å². The van der Waals surface area contributed by atoms with Gasteiger partial charge >= 0.3 is 0 Å². The number of hydrogen-bond donors (Lipinski definition) is 0. The van der Waals surface area contributed by atoms with Gasteiger partial charge in [0.15, 0.2) is 0 Å². The summed E-state index contributed by atoms with van der Waals surface area (Å²) < 4.78 is 0. The lowest BCUT2D eigenvalue weighted by atomic mass is 9.99. The molecular formula is C20H24N2O2S. The van der Waals surface area contributed by atoms with Crippen LogP contribution < -0.4 is 0 Å². The lowest BCUT2D eigenvalue weighted by molar-refractivity contribution is -0.137. The van der Waals surface area contributed by atoms with Crippen LogP contribution in [0.3, 0.4) is 0 Å². The van der Waals surface area contributed by atoms with Crippen LogP contribution in [0.2, 0.25) is 0 Å². The molecule has 2 heterocycles. The zero-order chi connectivity index (χ0) is 17.8. The van der Waals surface area contributed by atoms with E-state index in [0.29, 0.717) is 25.4 Å². The molecule has 1 aromatic heterocycles. The maximum atomic E-state index is 12.5. The van der Waals surface area contributed by atoms with E-state index in [0.717, 1.165) is 6.42 Å². The number of aryl methyl sites for hydroxylation is 1. The Bertz CT molecular complexity index is 741. The van der Waals surface area contributed by atoms with Crippen molar-refractivity contribution < 1.29 is 9.59 Å². The predicted octanol–water partition coefficient (Wildman–Crippen LogP) is 3.11. The molecule has 0 saturated carbocycles. The van der Waals surface area contributed by atoms with Crippen molar-refractivity contribution in [3.8, 4) is 0 Å². The molecule has 1 aliphatic rings. The minimum Gasteiger partial charge on any atom is -0.339 e. The van der Waals surface area contributed by atoms with Crippen molar-refractivity contribution in [2.45, 2.75) is 26.3 Å². The first-order chi connectivity index (χ1) is 12.0. The van der Waals surface area contributed by atoms with Crippen LogP contribution in [0.25, 0.3) is 0 Å². The fraction of sp³-hybridized carbons (Fsp3) is 0.400. The molecule has 25 heavy (non-hydrogen) atoms. The summed E-state index contributed by atoms with van der Waals surface area (Å²) in [5.41, 5.74) is 1.25. The Hall–Kier alpha value is -2.14. The van der Waals surface area contributed by atoms with E-state index in [2.05, 4.69) is 31.2 Å². The highest BCUT2D eigenvalue weighted by Gasteiger charge is 2.31. The van der Waals surface area contributed by atoms with Crippen LogP contribution in [0.4, 0.5) is 0 Å². The van der Waals surface area contributed by atoms with E-state index in [9.17, 15) is 9.59 Å². The monoisotopic (exact) mass is 356 g/mol. The van der Waals surface area contributed by atoms with Gasteiger partial charge in [0, 0.05) is 29.8 Å². The molecule has 1 aliphatic heterocycles. The average molecular weight is 356 g/mol. The van der Waals surface area contributed by atoms with E-state index in [1.54, 1.807) is 28.2 Å². The number of likely N-dealkylation sites (tertiary alicyclic amines) is 1. The molecule has 0 spiro atoms. The highest BCUT2D eigenvalue weighted by atomic mass is 32.1. The molecule has 5 heteroatoms. The molecule has 2 amide bonds. The van der Waals surface area contributed by atoms with Crippen molar-refractivity contribution in [3.05, 3.63) is 57.8 Å². The number of benzene rings is 1. The number of hydrogen-bond acceptors (Lipinski definition) is 3. The third kappa shape index (κ3) is 4.69. The minimum atomic E-state index is -0.000218. The maximum Gasteiger partial charge on any atom is 0.242 e. The van der Waals surface area contributed by atoms with Crippen LogP contribution in [-0.4, -0.2) is 41.8 Å². The van der Waals surface area contributed by atoms with E-state index < -0.39 is 0 Å². The van der Waals surface area contributed by atoms with E-state index in [4.69, 9.17) is 0 Å². The van der Waals surface area contributed by atoms with Gasteiger partial charge in [0.25, 0.3) is 0 Å². The summed E-state index contributed by atoms with van der Waals surface area (Å²) in [6.07, 6.45) is 1.43. The van der Waals surface area contributed by atoms with Crippen LogP contribution >= 0.6 is 11.3 Å². The standard InChI is InChI=1S/C20H24N2O2S/c1-15-8-9-18(25-15)13-21(2)20(24)14-22-12-17(11-19(22)23)10-16-6-4-3-5-7-16/h3-9,17H,10-14H2,1-2H3/t17-/m0/s1. The van der Waals surface area contributed by atoms with Gasteiger partial charge in [-0.2, -0.15) is 0 Å². The van der Waals surface area contributed by atoms with Gasteiger partial charge < -0.3 is 9.80 Å². The largest absolute Gasteiger partial charge is 0.339 e. The van der Waals surface area contributed by atoms with E-state index in [1.165, 1.54) is 15.3 Å². The van der Waals surface area contributed by atoms with Gasteiger partial charge in [-0.15, -0.1) is 11.3 Å². The summed E-state index contributed by atoms with van der Waals surface area (Å²) in [4.78, 5) is 30.5. The first kappa shape index (κ1) is 17.7. The first-order valence-electron chi connectivity index (χ1n) is 8.62. The van der Waals surface area contributed by atoms with Gasteiger partial charge in [-0.3, -0.25) is 9.59 Å². The smallest absolute Gasteiger partial charge is 0.242 e. The molecule has 0 aliphatic carbocycles. The molecule has 3 rings (SSSR count). The zero-order valence-corrected chi connectivity index (χ0v) is 15.6. The minimum absolute atomic E-state index is 0.000218. The normalized spacial score (nSPS) is 17.1. The predicted molar refractivity (Wildman–Crippen MR) is 100 cm³/mol. The second-order valence-corrected chi connectivity index (χ2v) is 8.17. The second-order valence-electron chi connectivity index (χ2n) is 6.80. The van der Waals surface area contributed by atoms with Crippen LogP contribution in [0.15, 0.2) is 42.5 Å². The molecule has 0 radical (unpaired) electrons. The number of rotatable bonds is 6. The van der Waals surface area contributed by atoms with Gasteiger partial charge in [0.2, 0.25) is 11.8 Å². The zero-order valence-electron chi connectivity index (χ0n) is 14.8. The molecule has 1 aromatic carbocycles. The SMILES string of the molecule is Cc1ccc(CN(C)C(=O)CN2C[C@@H](Cc3ccccc3)CC2=O)s1. The quantitative estimate of drug-likeness (QED) is 0.798. The van der Waals surface area contributed by atoms with E-state index >= 15 is 0 Å². The third-order valence-electron chi connectivity index (χ3n) is 4.60. The Kier molecular flexibility index (Phi) is 5.53. The van der Waals surface area contributed by atoms with Crippen LogP contribution in [0.5, 0.6) is 0 Å². The third-order valence-corrected chi connectivity index (χ3v) is 5.59. The van der Waals surface area contributed by atoms with Crippen LogP contribution in [0.1, 0.15) is 21.7 Å². The fourth-order valence-electron chi connectivity index (χ4n) is 3.27. The number of carbonyl (C=O) groups is 2. The molecule has 4 nitrogen and oxygen atoms in total. The molecule has 0 N–H and O–H groups in total. The number of likely N-dealkylation sites (N-methyl/N-ethyl adjacent to an activating group) is 1. The van der Waals surface area contributed by atoms with E-state index in [-0.39, 0.29) is 18.4 Å². The summed E-state index contributed by atoms with van der Waals surface area (Å²) >= 11 is 1.70. The van der Waals surface area contributed by atoms with Crippen molar-refractivity contribution >= 4 is 23.2 Å². The molecule has 2 aromatic rings. The van der Waals surface area contributed by atoms with Crippen molar-refractivity contribution in [2.75, 3.05) is 20.1 Å². The molecule has 0 bridgehead atoms. The summed E-state index contributed by atoms with van der Waals surface area (Å²) in [6, 6.07) is 14.4. The molecule has 132 valence electrons. The molecule has 1 saturated heterocycles. The summed E-state index contributed by atoms with van der Waals surface area (Å²) in [5, 5.41) is 0. The summed E-state index contributed by atoms with van der Waals surface area (Å²) in [5.74, 6) is 0.391. The molecule has 1 fully saturated rings. The first-order valence-corrected chi connectivity index (χ1v) is 9.44. The second kappa shape index (κ2) is 7.83. The summed E-state index contributed by atoms with van der Waals surface area (Å²) in [6.45, 7) is 3.52. The fourth-order valence-corrected chi connectivity index (χ4v) is 4.21. The van der Waals surface area contributed by atoms with Gasteiger partial charge in [-0.1, -0.05) is 30.3 Å². The Labute approximate surface area is 153 Å². The van der Waals surface area contributed by atoms with Crippen LogP contribution in [0, 0.1) is 12.8 Å². The van der Waals surface area contributed by atoms with Gasteiger partial charge in [0.05, 0.1) is 13.1 Å². The lowest BCUT2D eigenvalue weighted by Crippen LogP contribution is -2.38. The summed E-state index contributed by atoms with van der Waals surface area (Å²) in [7, 11) is 1.80. The maximum absolute atomic E-state index is 12.5. The number of carbonyl (C=O) groups excluding carboxylic acids is 2. The Morgan fingerprint density at radius 1 is 1.24 bits per heavy atom. The van der Waals surface area contributed by atoms with Gasteiger partial charge in [-0.05, 0) is 37.0 Å². The number of nitrogens with zero attached hydrogens (tertiary/aromatic N) is 2. The van der Waals surface area contributed by atoms with Gasteiger partial charge in [-0.25, -0.2) is 0 Å². The Morgan fingerprint density at radius 3 is 2.68 bits per heavy atom. The van der Waals surface area contributed by atoms with Crippen LogP contribution in [-0.2, 0) is 22.6 Å². The molecule has 0 unspecified atom stereocenters. The van der Waals surface area contributed by atoms with Crippen molar-refractivity contribution in [1.29, 1.82) is 0 Å². The average Bonchev–Trinajstić information content (AvgIpc) is 3.14. The Balaban J connectivity index is 1.51. The van der Waals surface area contributed by atoms with Gasteiger partial charge in [0.1, 0.15) is 0 Å². The lowest BCUT2D eigenvalue weighted by Gasteiger charge is -2.21. The number of amides is 2. The Morgan fingerprint density at radius 2 is 2.00 bits per heavy atom. The molecule has 1 atom stereocenters. The highest BCUT2D eigenvalue weighted by molar-refractivity contribution is 7.11. The highest BCUT2D eigenvalue weighted by Crippen LogP contribution is 2.22. The van der Waals surface area contributed by atoms with Crippen molar-refractivity contribution in [1.82, 2.24) is 9.80 Å². The topological polar surface area (TPSA) is 40.6 Å². The van der Waals surface area contributed by atoms with Crippen molar-refractivity contribution in [2.24, 2.45) is 5.92 Å². The molecular weight excluding hydrogens is 332 g/mol. The van der Waals surface area contributed by atoms with Crippen molar-refractivity contribution in [3.63, 3.8) is 0 Å². The number of thiophene rings is 1.